The summed E-state index contributed by atoms with van der Waals surface area (Å²) < 4.78 is 0. The summed E-state index contributed by atoms with van der Waals surface area (Å²) in [6, 6.07) is 14.8. The van der Waals surface area contributed by atoms with Crippen molar-refractivity contribution < 1.29 is 0 Å². The number of benzene rings is 2. The molecule has 4 heteroatoms. The molecule has 0 fully saturated rings. The van der Waals surface area contributed by atoms with E-state index in [9.17, 15) is 0 Å². The fourth-order valence-corrected chi connectivity index (χ4v) is 5.02. The first-order chi connectivity index (χ1) is 17.8. The number of nitrogens with zero attached hydrogens (tertiary/aromatic N) is 3. The topological polar surface area (TPSA) is 37.6 Å². The lowest BCUT2D eigenvalue weighted by Crippen LogP contribution is -2.06. The van der Waals surface area contributed by atoms with Crippen LogP contribution in [0.25, 0.3) is 0 Å². The van der Waals surface area contributed by atoms with Crippen LogP contribution in [0.15, 0.2) is 52.4 Å². The molecule has 0 saturated carbocycles. The van der Waals surface area contributed by atoms with Gasteiger partial charge in [-0.05, 0) is 91.0 Å². The van der Waals surface area contributed by atoms with Crippen molar-refractivity contribution in [2.24, 2.45) is 9.98 Å². The molecule has 0 radical (unpaired) electrons. The zero-order valence-corrected chi connectivity index (χ0v) is 25.8. The number of aromatic nitrogens is 1. The summed E-state index contributed by atoms with van der Waals surface area (Å²) in [5.74, 6) is 1.40. The molecule has 0 bridgehead atoms. The lowest BCUT2D eigenvalue weighted by Gasteiger charge is -2.19. The second kappa shape index (κ2) is 12.4. The number of hydrogen-bond acceptors (Lipinski definition) is 3. The van der Waals surface area contributed by atoms with E-state index < -0.39 is 0 Å². The van der Waals surface area contributed by atoms with Gasteiger partial charge in [-0.25, -0.2) is 4.98 Å². The van der Waals surface area contributed by atoms with Gasteiger partial charge in [0.25, 0.3) is 0 Å². The molecule has 3 rings (SSSR count). The average Bonchev–Trinajstić information content (AvgIpc) is 2.84. The Balaban J connectivity index is 2.12. The maximum Gasteiger partial charge on any atom is 0.0849 e. The van der Waals surface area contributed by atoms with Gasteiger partial charge in [-0.15, -0.1) is 0 Å². The Bertz CT molecular complexity index is 1200. The average molecular weight is 530 g/mol. The predicted molar refractivity (Wildman–Crippen MR) is 167 cm³/mol. The molecule has 1 heterocycles. The molecule has 0 aliphatic carbocycles. The van der Waals surface area contributed by atoms with Gasteiger partial charge in [0.15, 0.2) is 0 Å². The summed E-state index contributed by atoms with van der Waals surface area (Å²) >= 11 is 6.48. The van der Waals surface area contributed by atoms with Crippen LogP contribution in [0.1, 0.15) is 132 Å². The number of aryl methyl sites for hydroxylation is 1. The Hall–Kier alpha value is -2.78. The zero-order chi connectivity index (χ0) is 28.3. The Morgan fingerprint density at radius 1 is 0.632 bits per heavy atom. The molecule has 202 valence electrons. The highest BCUT2D eigenvalue weighted by Gasteiger charge is 2.18. The van der Waals surface area contributed by atoms with Crippen molar-refractivity contribution in [3.63, 3.8) is 0 Å². The summed E-state index contributed by atoms with van der Waals surface area (Å²) in [7, 11) is 0. The molecular weight excluding hydrogens is 486 g/mol. The molecule has 0 aliphatic rings. The molecule has 1 aromatic heterocycles. The molecule has 0 saturated heterocycles. The van der Waals surface area contributed by atoms with E-state index in [-0.39, 0.29) is 0 Å². The van der Waals surface area contributed by atoms with E-state index in [2.05, 4.69) is 81.4 Å². The Kier molecular flexibility index (Phi) is 9.70. The van der Waals surface area contributed by atoms with E-state index in [4.69, 9.17) is 26.6 Å². The van der Waals surface area contributed by atoms with Gasteiger partial charge in [0.2, 0.25) is 0 Å². The largest absolute Gasteiger partial charge is 0.251 e. The van der Waals surface area contributed by atoms with Gasteiger partial charge in [0, 0.05) is 5.02 Å². The first-order valence-electron chi connectivity index (χ1n) is 13.9. The number of rotatable bonds is 8. The summed E-state index contributed by atoms with van der Waals surface area (Å²) in [6.07, 6.45) is 0. The third-order valence-electron chi connectivity index (χ3n) is 6.98. The molecule has 0 atom stereocenters. The van der Waals surface area contributed by atoms with E-state index in [1.54, 1.807) is 0 Å². The van der Waals surface area contributed by atoms with Crippen molar-refractivity contribution in [1.29, 1.82) is 0 Å². The van der Waals surface area contributed by atoms with Gasteiger partial charge in [-0.1, -0.05) is 90.8 Å². The summed E-state index contributed by atoms with van der Waals surface area (Å²) in [5.41, 5.74) is 11.8. The molecule has 3 nitrogen and oxygen atoms in total. The minimum Gasteiger partial charge on any atom is -0.251 e. The highest BCUT2D eigenvalue weighted by molar-refractivity contribution is 6.30. The third kappa shape index (κ3) is 6.80. The lowest BCUT2D eigenvalue weighted by molar-refractivity contribution is 0.831. The van der Waals surface area contributed by atoms with E-state index in [1.807, 2.05) is 37.3 Å². The summed E-state index contributed by atoms with van der Waals surface area (Å²) in [6.45, 7) is 23.9. The molecule has 0 amide bonds. The van der Waals surface area contributed by atoms with Crippen LogP contribution in [-0.4, -0.2) is 16.4 Å². The van der Waals surface area contributed by atoms with Crippen molar-refractivity contribution >= 4 is 34.4 Å². The van der Waals surface area contributed by atoms with E-state index in [0.717, 1.165) is 50.3 Å². The van der Waals surface area contributed by atoms with Crippen LogP contribution in [-0.2, 0) is 0 Å². The lowest BCUT2D eigenvalue weighted by atomic mass is 9.90. The molecule has 0 N–H and O–H groups in total. The molecular formula is C34H44ClN3. The fraction of sp³-hybridized carbons (Fsp3) is 0.441. The minimum absolute atomic E-state index is 0.311. The second-order valence-electron chi connectivity index (χ2n) is 11.6. The van der Waals surface area contributed by atoms with Crippen LogP contribution in [0, 0.1) is 6.92 Å². The van der Waals surface area contributed by atoms with E-state index >= 15 is 0 Å². The van der Waals surface area contributed by atoms with E-state index in [1.165, 1.54) is 16.7 Å². The molecule has 2 aromatic carbocycles. The van der Waals surface area contributed by atoms with Gasteiger partial charge < -0.3 is 0 Å². The number of pyridine rings is 1. The Labute approximate surface area is 235 Å². The first-order valence-corrected chi connectivity index (χ1v) is 14.2. The number of halogens is 1. The van der Waals surface area contributed by atoms with Crippen molar-refractivity contribution in [2.45, 2.75) is 99.8 Å². The summed E-state index contributed by atoms with van der Waals surface area (Å²) in [5, 5.41) is 0.763. The maximum absolute atomic E-state index is 6.48. The van der Waals surface area contributed by atoms with Crippen LogP contribution < -0.4 is 0 Å². The van der Waals surface area contributed by atoms with Crippen molar-refractivity contribution in [2.75, 3.05) is 0 Å². The Morgan fingerprint density at radius 3 is 1.32 bits per heavy atom. The first kappa shape index (κ1) is 29.8. The Morgan fingerprint density at radius 2 is 0.974 bits per heavy atom. The van der Waals surface area contributed by atoms with Crippen LogP contribution in [0.3, 0.4) is 0 Å². The van der Waals surface area contributed by atoms with Crippen LogP contribution in [0.5, 0.6) is 0 Å². The molecule has 0 aliphatic heterocycles. The zero-order valence-electron chi connectivity index (χ0n) is 25.1. The van der Waals surface area contributed by atoms with Gasteiger partial charge >= 0.3 is 0 Å². The summed E-state index contributed by atoms with van der Waals surface area (Å²) in [4.78, 5) is 15.3. The second-order valence-corrected chi connectivity index (χ2v) is 12.1. The normalized spacial score (nSPS) is 12.9. The van der Waals surface area contributed by atoms with E-state index in [0.29, 0.717) is 23.7 Å². The SMILES string of the molecule is CC(=Nc1c(C(C)C)cc(C)cc1C(C)C)c1cccc(C(C)=Nc2c(C(C)C)cc(Cl)cc2C(C)C)n1. The van der Waals surface area contributed by atoms with Crippen LogP contribution in [0.2, 0.25) is 5.02 Å². The van der Waals surface area contributed by atoms with Gasteiger partial charge in [-0.3, -0.25) is 9.98 Å². The number of aliphatic imine (C=N–C) groups is 2. The predicted octanol–water partition coefficient (Wildman–Crippen LogP) is 10.8. The molecule has 0 unspecified atom stereocenters. The smallest absolute Gasteiger partial charge is 0.0849 e. The molecule has 0 spiro atoms. The molecule has 38 heavy (non-hydrogen) atoms. The molecule has 3 aromatic rings. The number of hydrogen-bond donors (Lipinski definition) is 0. The fourth-order valence-electron chi connectivity index (χ4n) is 4.78. The van der Waals surface area contributed by atoms with Gasteiger partial charge in [-0.2, -0.15) is 0 Å². The van der Waals surface area contributed by atoms with Gasteiger partial charge in [0.05, 0.1) is 34.2 Å². The van der Waals surface area contributed by atoms with Crippen molar-refractivity contribution in [3.8, 4) is 0 Å². The third-order valence-corrected chi connectivity index (χ3v) is 7.20. The highest BCUT2D eigenvalue weighted by atomic mass is 35.5. The van der Waals surface area contributed by atoms with Crippen molar-refractivity contribution in [1.82, 2.24) is 4.98 Å². The maximum atomic E-state index is 6.48. The highest BCUT2D eigenvalue weighted by Crippen LogP contribution is 2.38. The van der Waals surface area contributed by atoms with Crippen molar-refractivity contribution in [3.05, 3.63) is 86.7 Å². The quantitative estimate of drug-likeness (QED) is 0.267. The van der Waals surface area contributed by atoms with Crippen LogP contribution >= 0.6 is 11.6 Å². The minimum atomic E-state index is 0.311. The van der Waals surface area contributed by atoms with Crippen LogP contribution in [0.4, 0.5) is 11.4 Å². The standard InChI is InChI=1S/C34H44ClN3/c1-19(2)27-15-23(9)16-28(20(3)4)33(27)36-24(10)31-13-12-14-32(38-31)25(11)37-34-29(21(5)6)17-26(35)18-30(34)22(7)8/h12-22H,1-11H3. The monoisotopic (exact) mass is 529 g/mol. The van der Waals surface area contributed by atoms with Gasteiger partial charge in [0.1, 0.15) is 0 Å².